The van der Waals surface area contributed by atoms with Gasteiger partial charge in [-0.1, -0.05) is 12.1 Å². The zero-order valence-electron chi connectivity index (χ0n) is 8.43. The Morgan fingerprint density at radius 3 is 3.00 bits per heavy atom. The molecule has 0 aliphatic rings. The molecule has 2 aromatic rings. The van der Waals surface area contributed by atoms with Crippen LogP contribution < -0.4 is 10.5 Å². The van der Waals surface area contributed by atoms with Gasteiger partial charge in [0.1, 0.15) is 5.75 Å². The lowest BCUT2D eigenvalue weighted by Crippen LogP contribution is -1.91. The average Bonchev–Trinajstić information content (AvgIpc) is 2.66. The van der Waals surface area contributed by atoms with Gasteiger partial charge in [0, 0.05) is 10.9 Å². The molecule has 15 heavy (non-hydrogen) atoms. The number of nitrogen functional groups attached to an aromatic ring is 1. The molecule has 0 aliphatic heterocycles. The Balaban J connectivity index is 2.32. The molecule has 0 bridgehead atoms. The van der Waals surface area contributed by atoms with E-state index in [1.807, 2.05) is 36.6 Å². The molecule has 3 nitrogen and oxygen atoms in total. The molecular formula is C11H12N2OS. The molecule has 0 radical (unpaired) electrons. The summed E-state index contributed by atoms with van der Waals surface area (Å²) in [5, 5.41) is 2.53. The molecule has 0 spiro atoms. The van der Waals surface area contributed by atoms with Gasteiger partial charge in [0.2, 0.25) is 0 Å². The van der Waals surface area contributed by atoms with E-state index in [2.05, 4.69) is 4.98 Å². The van der Waals surface area contributed by atoms with E-state index in [4.69, 9.17) is 10.5 Å². The summed E-state index contributed by atoms with van der Waals surface area (Å²) >= 11 is 1.44. The molecule has 1 aromatic heterocycles. The quantitative estimate of drug-likeness (QED) is 0.865. The standard InChI is InChI=1S/C11H12N2OS/c1-2-14-9-5-3-4-8(6-9)10-7-15-11(12)13-10/h3-7H,2H2,1H3,(H2,12,13). The molecule has 0 unspecified atom stereocenters. The van der Waals surface area contributed by atoms with Gasteiger partial charge in [-0.05, 0) is 19.1 Å². The number of anilines is 1. The smallest absolute Gasteiger partial charge is 0.180 e. The normalized spacial score (nSPS) is 10.2. The van der Waals surface area contributed by atoms with E-state index in [1.165, 1.54) is 11.3 Å². The Kier molecular flexibility index (Phi) is 2.87. The summed E-state index contributed by atoms with van der Waals surface area (Å²) in [6.07, 6.45) is 0. The van der Waals surface area contributed by atoms with E-state index in [0.29, 0.717) is 11.7 Å². The van der Waals surface area contributed by atoms with Gasteiger partial charge in [-0.25, -0.2) is 4.98 Å². The monoisotopic (exact) mass is 220 g/mol. The predicted molar refractivity (Wildman–Crippen MR) is 63.1 cm³/mol. The lowest BCUT2D eigenvalue weighted by Gasteiger charge is -2.03. The number of hydrogen-bond acceptors (Lipinski definition) is 4. The van der Waals surface area contributed by atoms with Crippen LogP contribution in [0.1, 0.15) is 6.92 Å². The molecule has 4 heteroatoms. The number of aromatic nitrogens is 1. The van der Waals surface area contributed by atoms with Gasteiger partial charge in [0.05, 0.1) is 12.3 Å². The third-order valence-corrected chi connectivity index (χ3v) is 2.64. The van der Waals surface area contributed by atoms with E-state index in [0.717, 1.165) is 17.0 Å². The van der Waals surface area contributed by atoms with Gasteiger partial charge in [-0.3, -0.25) is 0 Å². The summed E-state index contributed by atoms with van der Waals surface area (Å²) in [6, 6.07) is 7.85. The number of benzene rings is 1. The zero-order chi connectivity index (χ0) is 10.7. The molecule has 1 heterocycles. The van der Waals surface area contributed by atoms with Crippen molar-refractivity contribution < 1.29 is 4.74 Å². The largest absolute Gasteiger partial charge is 0.494 e. The van der Waals surface area contributed by atoms with E-state index in [9.17, 15) is 0 Å². The van der Waals surface area contributed by atoms with Crippen LogP contribution in [-0.2, 0) is 0 Å². The van der Waals surface area contributed by atoms with Crippen molar-refractivity contribution in [3.05, 3.63) is 29.6 Å². The predicted octanol–water partition coefficient (Wildman–Crippen LogP) is 2.79. The molecule has 78 valence electrons. The molecule has 0 saturated heterocycles. The van der Waals surface area contributed by atoms with Crippen molar-refractivity contribution in [1.29, 1.82) is 0 Å². The van der Waals surface area contributed by atoms with Crippen LogP contribution in [0.3, 0.4) is 0 Å². The van der Waals surface area contributed by atoms with Gasteiger partial charge in [0.15, 0.2) is 5.13 Å². The van der Waals surface area contributed by atoms with Crippen LogP contribution in [0.2, 0.25) is 0 Å². The topological polar surface area (TPSA) is 48.1 Å². The molecule has 0 atom stereocenters. The Morgan fingerprint density at radius 1 is 1.47 bits per heavy atom. The zero-order valence-corrected chi connectivity index (χ0v) is 9.25. The molecule has 0 fully saturated rings. The molecule has 0 saturated carbocycles. The number of hydrogen-bond donors (Lipinski definition) is 1. The highest BCUT2D eigenvalue weighted by molar-refractivity contribution is 7.13. The van der Waals surface area contributed by atoms with Gasteiger partial charge in [-0.2, -0.15) is 0 Å². The van der Waals surface area contributed by atoms with Gasteiger partial charge >= 0.3 is 0 Å². The SMILES string of the molecule is CCOc1cccc(-c2csc(N)n2)c1. The first-order valence-corrected chi connectivity index (χ1v) is 5.62. The van der Waals surface area contributed by atoms with Crippen molar-refractivity contribution >= 4 is 16.5 Å². The highest BCUT2D eigenvalue weighted by atomic mass is 32.1. The lowest BCUT2D eigenvalue weighted by molar-refractivity contribution is 0.340. The summed E-state index contributed by atoms with van der Waals surface area (Å²) in [4.78, 5) is 4.22. The van der Waals surface area contributed by atoms with Crippen LogP contribution in [0.4, 0.5) is 5.13 Å². The minimum Gasteiger partial charge on any atom is -0.494 e. The maximum absolute atomic E-state index is 5.59. The Morgan fingerprint density at radius 2 is 2.33 bits per heavy atom. The van der Waals surface area contributed by atoms with Crippen molar-refractivity contribution in [1.82, 2.24) is 4.98 Å². The average molecular weight is 220 g/mol. The van der Waals surface area contributed by atoms with Crippen molar-refractivity contribution in [3.63, 3.8) is 0 Å². The van der Waals surface area contributed by atoms with Crippen molar-refractivity contribution in [2.75, 3.05) is 12.3 Å². The second kappa shape index (κ2) is 4.31. The molecule has 2 rings (SSSR count). The summed E-state index contributed by atoms with van der Waals surface area (Å²) in [6.45, 7) is 2.64. The van der Waals surface area contributed by atoms with Crippen molar-refractivity contribution in [2.24, 2.45) is 0 Å². The van der Waals surface area contributed by atoms with Crippen LogP contribution in [0, 0.1) is 0 Å². The third-order valence-electron chi connectivity index (χ3n) is 1.96. The second-order valence-electron chi connectivity index (χ2n) is 3.03. The molecule has 0 aliphatic carbocycles. The first kappa shape index (κ1) is 9.98. The molecule has 2 N–H and O–H groups in total. The highest BCUT2D eigenvalue weighted by Crippen LogP contribution is 2.26. The summed E-state index contributed by atoms with van der Waals surface area (Å²) in [5.74, 6) is 0.863. The van der Waals surface area contributed by atoms with Crippen molar-refractivity contribution in [3.8, 4) is 17.0 Å². The third kappa shape index (κ3) is 2.27. The van der Waals surface area contributed by atoms with E-state index < -0.39 is 0 Å². The molecule has 1 aromatic carbocycles. The Hall–Kier alpha value is -1.55. The Bertz CT molecular complexity index is 453. The number of thiazole rings is 1. The number of nitrogens with zero attached hydrogens (tertiary/aromatic N) is 1. The van der Waals surface area contributed by atoms with Crippen LogP contribution in [0.25, 0.3) is 11.3 Å². The first-order chi connectivity index (χ1) is 7.29. The molecule has 0 amide bonds. The minimum atomic E-state index is 0.590. The number of nitrogens with two attached hydrogens (primary N) is 1. The van der Waals surface area contributed by atoms with Crippen LogP contribution in [0.15, 0.2) is 29.6 Å². The van der Waals surface area contributed by atoms with Gasteiger partial charge in [0.25, 0.3) is 0 Å². The fourth-order valence-electron chi connectivity index (χ4n) is 1.33. The maximum atomic E-state index is 5.59. The van der Waals surface area contributed by atoms with Gasteiger partial charge < -0.3 is 10.5 Å². The van der Waals surface area contributed by atoms with Crippen molar-refractivity contribution in [2.45, 2.75) is 6.92 Å². The van der Waals surface area contributed by atoms with Crippen LogP contribution >= 0.6 is 11.3 Å². The summed E-state index contributed by atoms with van der Waals surface area (Å²) < 4.78 is 5.42. The highest BCUT2D eigenvalue weighted by Gasteiger charge is 2.03. The van der Waals surface area contributed by atoms with Crippen LogP contribution in [-0.4, -0.2) is 11.6 Å². The number of ether oxygens (including phenoxy) is 1. The Labute approximate surface area is 92.5 Å². The number of rotatable bonds is 3. The van der Waals surface area contributed by atoms with Crippen LogP contribution in [0.5, 0.6) is 5.75 Å². The first-order valence-electron chi connectivity index (χ1n) is 4.74. The fourth-order valence-corrected chi connectivity index (χ4v) is 1.90. The molecular weight excluding hydrogens is 208 g/mol. The maximum Gasteiger partial charge on any atom is 0.180 e. The van der Waals surface area contributed by atoms with E-state index >= 15 is 0 Å². The fraction of sp³-hybridized carbons (Fsp3) is 0.182. The lowest BCUT2D eigenvalue weighted by atomic mass is 10.2. The van der Waals surface area contributed by atoms with E-state index in [1.54, 1.807) is 0 Å². The summed E-state index contributed by atoms with van der Waals surface area (Å²) in [7, 11) is 0. The summed E-state index contributed by atoms with van der Waals surface area (Å²) in [5.41, 5.74) is 7.53. The second-order valence-corrected chi connectivity index (χ2v) is 3.92. The minimum absolute atomic E-state index is 0.590. The van der Waals surface area contributed by atoms with Gasteiger partial charge in [-0.15, -0.1) is 11.3 Å². The van der Waals surface area contributed by atoms with E-state index in [-0.39, 0.29) is 0 Å².